The summed E-state index contributed by atoms with van der Waals surface area (Å²) in [5.74, 6) is -1.03. The van der Waals surface area contributed by atoms with Crippen LogP contribution in [0.25, 0.3) is 11.2 Å². The number of phosphoric acid groups is 3. The number of unbranched alkanes of at least 4 members (excludes halogenated alkanes) is 11. The Kier molecular flexibility index (Phi) is 25.2. The van der Waals surface area contributed by atoms with Crippen LogP contribution in [0.3, 0.4) is 0 Å². The van der Waals surface area contributed by atoms with E-state index in [-0.39, 0.29) is 41.6 Å². The van der Waals surface area contributed by atoms with Gasteiger partial charge in [0.15, 0.2) is 22.8 Å². The van der Waals surface area contributed by atoms with E-state index in [2.05, 4.69) is 53.5 Å². The van der Waals surface area contributed by atoms with Gasteiger partial charge in [0.2, 0.25) is 11.8 Å². The molecule has 3 heterocycles. The summed E-state index contributed by atoms with van der Waals surface area (Å²) in [5, 5.41) is 26.7. The number of aliphatic hydroxyl groups is 2. The average Bonchev–Trinajstić information content (AvgIpc) is 3.81. The summed E-state index contributed by atoms with van der Waals surface area (Å²) >= 11 is 1.15. The number of anilines is 1. The van der Waals surface area contributed by atoms with Gasteiger partial charge in [-0.1, -0.05) is 96.1 Å². The number of nitrogens with two attached hydrogens (primary N) is 1. The minimum Gasteiger partial charge on any atom is -0.386 e. The van der Waals surface area contributed by atoms with Crippen molar-refractivity contribution in [2.75, 3.05) is 37.8 Å². The van der Waals surface area contributed by atoms with E-state index in [0.29, 0.717) is 12.2 Å². The number of hydrogen-bond acceptors (Lipinski definition) is 18. The number of thioether (sulfide) groups is 1. The first kappa shape index (κ1) is 58.6. The topological polar surface area (TPSA) is 364 Å². The monoisotopic (exact) mass is 1030 g/mol. The molecule has 1 saturated heterocycles. The van der Waals surface area contributed by atoms with E-state index in [4.69, 9.17) is 19.5 Å². The third-order valence-electron chi connectivity index (χ3n) is 10.4. The van der Waals surface area contributed by atoms with Crippen molar-refractivity contribution in [3.8, 4) is 0 Å². The van der Waals surface area contributed by atoms with E-state index in [1.54, 1.807) is 0 Å². The molecule has 67 heavy (non-hydrogen) atoms. The summed E-state index contributed by atoms with van der Waals surface area (Å²) in [6, 6.07) is 0. The molecule has 0 aliphatic carbocycles. The molecule has 382 valence electrons. The molecule has 3 rings (SSSR count). The molecule has 24 nitrogen and oxygen atoms in total. The third-order valence-corrected chi connectivity index (χ3v) is 14.4. The average molecular weight is 1030 g/mol. The second kappa shape index (κ2) is 28.8. The Morgan fingerprint density at radius 1 is 0.896 bits per heavy atom. The maximum atomic E-state index is 12.7. The van der Waals surface area contributed by atoms with E-state index >= 15 is 0 Å². The molecule has 2 aromatic rings. The zero-order valence-corrected chi connectivity index (χ0v) is 41.6. The fourth-order valence-electron chi connectivity index (χ4n) is 6.71. The molecule has 1 aliphatic rings. The predicted molar refractivity (Wildman–Crippen MR) is 247 cm³/mol. The number of nitrogen functional groups attached to an aromatic ring is 1. The van der Waals surface area contributed by atoms with E-state index in [9.17, 15) is 57.9 Å². The van der Waals surface area contributed by atoms with Gasteiger partial charge in [0.05, 0.1) is 19.5 Å². The van der Waals surface area contributed by atoms with Crippen LogP contribution in [-0.2, 0) is 50.7 Å². The fraction of sp³-hybridized carbons (Fsp3) is 0.744. The van der Waals surface area contributed by atoms with Gasteiger partial charge in [-0.05, 0) is 32.1 Å². The largest absolute Gasteiger partial charge is 0.481 e. The maximum Gasteiger partial charge on any atom is 0.481 e. The first-order valence-electron chi connectivity index (χ1n) is 22.3. The number of imidazole rings is 1. The van der Waals surface area contributed by atoms with E-state index in [1.165, 1.54) is 52.4 Å². The van der Waals surface area contributed by atoms with Crippen LogP contribution in [0.1, 0.15) is 123 Å². The third kappa shape index (κ3) is 21.9. The molecule has 2 unspecified atom stereocenters. The molecule has 7 atom stereocenters. The van der Waals surface area contributed by atoms with Gasteiger partial charge in [0, 0.05) is 37.1 Å². The molecular weight excluding hydrogens is 963 g/mol. The van der Waals surface area contributed by atoms with Crippen LogP contribution in [0.4, 0.5) is 5.82 Å². The Morgan fingerprint density at radius 3 is 2.18 bits per heavy atom. The Bertz CT molecular complexity index is 2040. The van der Waals surface area contributed by atoms with Crippen LogP contribution in [0, 0.1) is 5.41 Å². The van der Waals surface area contributed by atoms with Gasteiger partial charge in [0.1, 0.15) is 36.3 Å². The normalized spacial score (nSPS) is 20.2. The lowest BCUT2D eigenvalue weighted by molar-refractivity contribution is -0.137. The highest BCUT2D eigenvalue weighted by Gasteiger charge is 2.50. The van der Waals surface area contributed by atoms with Crippen molar-refractivity contribution in [2.24, 2.45) is 5.41 Å². The number of phosphoric ester groups is 3. The summed E-state index contributed by atoms with van der Waals surface area (Å²) < 4.78 is 62.4. The van der Waals surface area contributed by atoms with Gasteiger partial charge in [-0.25, -0.2) is 28.6 Å². The predicted octanol–water partition coefficient (Wildman–Crippen LogP) is 4.70. The molecule has 1 fully saturated rings. The zero-order chi connectivity index (χ0) is 49.7. The summed E-state index contributed by atoms with van der Waals surface area (Å²) in [6.07, 6.45) is 13.5. The Balaban J connectivity index is 1.30. The number of ether oxygens (including phenoxy) is 1. The fourth-order valence-corrected chi connectivity index (χ4v) is 10.3. The van der Waals surface area contributed by atoms with E-state index in [1.807, 2.05) is 0 Å². The number of carbonyl (C=O) groups is 3. The molecule has 28 heteroatoms. The molecule has 0 saturated carbocycles. The van der Waals surface area contributed by atoms with Crippen LogP contribution < -0.4 is 16.4 Å². The number of amides is 2. The SMILES string of the molecule is CCCCCCCC/C=C\CCCCCCCC(=O)SCCNC(=O)CCNC(=O)[C@H](O)C(C)(C)COP(=O)(O)OP(=O)(O)OC[C@H]1O[C@@H](n2cnc3c(N)ncnc32)[C@H](O)[C@@H]1OP(=O)(O)O. The van der Waals surface area contributed by atoms with Crippen molar-refractivity contribution in [1.82, 2.24) is 30.2 Å². The summed E-state index contributed by atoms with van der Waals surface area (Å²) in [6.45, 7) is 2.79. The van der Waals surface area contributed by atoms with Crippen LogP contribution >= 0.6 is 35.2 Å². The van der Waals surface area contributed by atoms with E-state index in [0.717, 1.165) is 73.9 Å². The number of carbonyl (C=O) groups excluding carboxylic acids is 3. The van der Waals surface area contributed by atoms with Crippen molar-refractivity contribution in [2.45, 2.75) is 148 Å². The summed E-state index contributed by atoms with van der Waals surface area (Å²) in [7, 11) is -16.4. The molecule has 0 radical (unpaired) electrons. The molecular formula is C39H68N7O17P3S. The Hall–Kier alpha value is -2.70. The number of nitrogens with one attached hydrogen (secondary N) is 2. The smallest absolute Gasteiger partial charge is 0.386 e. The Morgan fingerprint density at radius 2 is 1.52 bits per heavy atom. The first-order valence-corrected chi connectivity index (χ1v) is 27.8. The highest BCUT2D eigenvalue weighted by molar-refractivity contribution is 8.13. The number of fused-ring (bicyclic) bond motifs is 1. The molecule has 0 aromatic carbocycles. The maximum absolute atomic E-state index is 12.7. The molecule has 2 aromatic heterocycles. The lowest BCUT2D eigenvalue weighted by Gasteiger charge is -2.30. The molecule has 0 bridgehead atoms. The summed E-state index contributed by atoms with van der Waals surface area (Å²) in [4.78, 5) is 88.3. The van der Waals surface area contributed by atoms with Gasteiger partial charge in [-0.2, -0.15) is 4.31 Å². The van der Waals surface area contributed by atoms with Crippen molar-refractivity contribution >= 4 is 69.1 Å². The standard InChI is InChI=1S/C39H68N7O17P3S/c1-4-5-6-7-8-9-10-11-12-13-14-15-16-17-18-19-30(48)67-23-22-41-29(47)20-21-42-37(51)34(50)39(2,3)25-60-66(57,58)63-65(55,56)59-24-28-33(62-64(52,53)54)32(49)38(61-28)46-27-45-31-35(40)43-26-44-36(31)46/h11-12,26-28,32-34,38,49-50H,4-10,13-25H2,1-3H3,(H,41,47)(H,42,51)(H,55,56)(H,57,58)(H2,40,43,44)(H2,52,53,54)/b12-11-/t28-,32-,33-,34+,38-/m1/s1. The first-order chi connectivity index (χ1) is 31.6. The number of hydrogen-bond donors (Lipinski definition) is 9. The van der Waals surface area contributed by atoms with Crippen molar-refractivity contribution in [1.29, 1.82) is 0 Å². The van der Waals surface area contributed by atoms with Crippen LogP contribution in [-0.4, -0.2) is 123 Å². The summed E-state index contributed by atoms with van der Waals surface area (Å²) in [5.41, 5.74) is 4.29. The quantitative estimate of drug-likeness (QED) is 0.0260. The number of aromatic nitrogens is 4. The number of allylic oxidation sites excluding steroid dienone is 2. The van der Waals surface area contributed by atoms with Crippen molar-refractivity contribution in [3.63, 3.8) is 0 Å². The van der Waals surface area contributed by atoms with Gasteiger partial charge >= 0.3 is 23.5 Å². The highest BCUT2D eigenvalue weighted by atomic mass is 32.2. The molecule has 0 spiro atoms. The van der Waals surface area contributed by atoms with Crippen molar-refractivity contribution in [3.05, 3.63) is 24.8 Å². The lowest BCUT2D eigenvalue weighted by Crippen LogP contribution is -2.46. The Labute approximate surface area is 394 Å². The molecule has 1 aliphatic heterocycles. The number of nitrogens with zero attached hydrogens (tertiary/aromatic N) is 4. The number of rotatable bonds is 34. The second-order valence-corrected chi connectivity index (χ2v) is 22.0. The lowest BCUT2D eigenvalue weighted by atomic mass is 9.87. The van der Waals surface area contributed by atoms with Crippen molar-refractivity contribution < 1.29 is 80.5 Å². The van der Waals surface area contributed by atoms with Crippen LogP contribution in [0.5, 0.6) is 0 Å². The van der Waals surface area contributed by atoms with Gasteiger partial charge in [-0.3, -0.25) is 32.5 Å². The second-order valence-electron chi connectivity index (χ2n) is 16.6. The molecule has 10 N–H and O–H groups in total. The molecule has 2 amide bonds. The minimum atomic E-state index is -5.58. The van der Waals surface area contributed by atoms with Gasteiger partial charge < -0.3 is 50.9 Å². The van der Waals surface area contributed by atoms with Gasteiger partial charge in [0.25, 0.3) is 0 Å². The van der Waals surface area contributed by atoms with Crippen LogP contribution in [0.2, 0.25) is 0 Å². The number of aliphatic hydroxyl groups excluding tert-OH is 2. The highest BCUT2D eigenvalue weighted by Crippen LogP contribution is 2.61. The zero-order valence-electron chi connectivity index (χ0n) is 38.1. The minimum absolute atomic E-state index is 0.0331. The van der Waals surface area contributed by atoms with E-state index < -0.39 is 84.6 Å². The van der Waals surface area contributed by atoms with Crippen LogP contribution in [0.15, 0.2) is 24.8 Å². The van der Waals surface area contributed by atoms with Gasteiger partial charge in [-0.15, -0.1) is 0 Å².